The minimum Gasteiger partial charge on any atom is -0.465 e. The lowest BCUT2D eigenvalue weighted by atomic mass is 9.96. The van der Waals surface area contributed by atoms with Crippen LogP contribution >= 0.6 is 0 Å². The summed E-state index contributed by atoms with van der Waals surface area (Å²) >= 11 is 0. The number of piperidine rings is 1. The number of benzene rings is 2. The van der Waals surface area contributed by atoms with Gasteiger partial charge in [-0.25, -0.2) is 19.7 Å². The smallest absolute Gasteiger partial charge is 0.407 e. The Kier molecular flexibility index (Phi) is 6.28. The Morgan fingerprint density at radius 2 is 1.94 bits per heavy atom. The van der Waals surface area contributed by atoms with Crippen molar-refractivity contribution in [1.82, 2.24) is 19.9 Å². The third-order valence-electron chi connectivity index (χ3n) is 6.41. The van der Waals surface area contributed by atoms with Crippen LogP contribution in [0.3, 0.4) is 0 Å². The number of carbonyl (C=O) groups is 1. The molecule has 0 bridgehead atoms. The van der Waals surface area contributed by atoms with Gasteiger partial charge in [0.1, 0.15) is 5.75 Å². The van der Waals surface area contributed by atoms with Crippen LogP contribution < -0.4 is 15.8 Å². The van der Waals surface area contributed by atoms with E-state index in [9.17, 15) is 9.90 Å². The zero-order valence-corrected chi connectivity index (χ0v) is 20.2. The first-order chi connectivity index (χ1) is 17.4. The molecule has 2 aromatic heterocycles. The van der Waals surface area contributed by atoms with Crippen LogP contribution in [0.1, 0.15) is 18.9 Å². The molecule has 1 aliphatic rings. The molecular formula is C27H28N6O3. The van der Waals surface area contributed by atoms with Gasteiger partial charge in [-0.05, 0) is 49.1 Å². The molecule has 0 saturated carbocycles. The molecule has 1 saturated heterocycles. The second-order valence-electron chi connectivity index (χ2n) is 9.25. The Bertz CT molecular complexity index is 1430. The highest BCUT2D eigenvalue weighted by atomic mass is 16.5. The lowest BCUT2D eigenvalue weighted by molar-refractivity contribution is 0.119. The molecule has 0 spiro atoms. The fourth-order valence-corrected chi connectivity index (χ4v) is 4.74. The maximum absolute atomic E-state index is 11.5. The molecule has 0 aliphatic carbocycles. The number of aromatic nitrogens is 3. The summed E-state index contributed by atoms with van der Waals surface area (Å²) < 4.78 is 6.39. The van der Waals surface area contributed by atoms with Crippen LogP contribution in [-0.4, -0.2) is 50.2 Å². The summed E-state index contributed by atoms with van der Waals surface area (Å²) in [5.41, 5.74) is 9.19. The molecule has 1 fully saturated rings. The molecule has 4 N–H and O–H groups in total. The van der Waals surface area contributed by atoms with E-state index in [1.807, 2.05) is 56.3 Å². The Balaban J connectivity index is 1.45. The standard InChI is InChI=1S/C27H28N6O3/c1-16-13-18(15-33(14-16)27(34)35)31-26-30-12-10-23(32-26)21-6-4-11-29-25(21)36-24-17(2)8-9-19-20(24)5-3-7-22(19)28/h3-12,16,18H,13-15,28H2,1-2H3,(H,34,35)(H,30,31,32)/t16-,18+/m1/s1. The summed E-state index contributed by atoms with van der Waals surface area (Å²) in [6.45, 7) is 4.95. The second-order valence-corrected chi connectivity index (χ2v) is 9.25. The van der Waals surface area contributed by atoms with Crippen LogP contribution in [0, 0.1) is 12.8 Å². The van der Waals surface area contributed by atoms with E-state index in [2.05, 4.69) is 15.3 Å². The fraction of sp³-hybridized carbons (Fsp3) is 0.259. The predicted octanol–water partition coefficient (Wildman–Crippen LogP) is 5.18. The highest BCUT2D eigenvalue weighted by Gasteiger charge is 2.28. The SMILES string of the molecule is Cc1ccc2c(N)cccc2c1Oc1ncccc1-c1ccnc(N[C@H]2C[C@@H](C)CN(C(=O)O)C2)n1. The van der Waals surface area contributed by atoms with Gasteiger partial charge in [0, 0.05) is 48.0 Å². The third-order valence-corrected chi connectivity index (χ3v) is 6.41. The van der Waals surface area contributed by atoms with Crippen molar-refractivity contribution in [3.05, 3.63) is 66.5 Å². The second kappa shape index (κ2) is 9.69. The van der Waals surface area contributed by atoms with Gasteiger partial charge in [-0.2, -0.15) is 0 Å². The van der Waals surface area contributed by atoms with Crippen molar-refractivity contribution < 1.29 is 14.6 Å². The quantitative estimate of drug-likeness (QED) is 0.331. The van der Waals surface area contributed by atoms with Gasteiger partial charge in [-0.1, -0.05) is 31.2 Å². The molecule has 2 atom stereocenters. The zero-order valence-electron chi connectivity index (χ0n) is 20.2. The zero-order chi connectivity index (χ0) is 25.2. The minimum absolute atomic E-state index is 0.0755. The topological polar surface area (TPSA) is 126 Å². The number of fused-ring (bicyclic) bond motifs is 1. The largest absolute Gasteiger partial charge is 0.465 e. The number of ether oxygens (including phenoxy) is 1. The monoisotopic (exact) mass is 484 g/mol. The van der Waals surface area contributed by atoms with Crippen LogP contribution in [-0.2, 0) is 0 Å². The van der Waals surface area contributed by atoms with E-state index in [0.29, 0.717) is 47.6 Å². The van der Waals surface area contributed by atoms with E-state index >= 15 is 0 Å². The molecule has 0 unspecified atom stereocenters. The number of nitrogens with zero attached hydrogens (tertiary/aromatic N) is 4. The molecule has 0 radical (unpaired) electrons. The maximum atomic E-state index is 11.5. The first-order valence-electron chi connectivity index (χ1n) is 11.9. The Morgan fingerprint density at radius 1 is 1.08 bits per heavy atom. The molecule has 1 aliphatic heterocycles. The van der Waals surface area contributed by atoms with E-state index in [1.165, 1.54) is 4.90 Å². The molecule has 36 heavy (non-hydrogen) atoms. The molecule has 5 rings (SSSR count). The molecule has 9 heteroatoms. The lowest BCUT2D eigenvalue weighted by Gasteiger charge is -2.35. The summed E-state index contributed by atoms with van der Waals surface area (Å²) in [6.07, 6.45) is 3.28. The van der Waals surface area contributed by atoms with Crippen LogP contribution in [0.25, 0.3) is 22.0 Å². The van der Waals surface area contributed by atoms with Gasteiger partial charge < -0.3 is 25.8 Å². The first-order valence-corrected chi connectivity index (χ1v) is 11.9. The summed E-state index contributed by atoms with van der Waals surface area (Å²) in [5.74, 6) is 1.79. The third kappa shape index (κ3) is 4.72. The number of rotatable bonds is 5. The van der Waals surface area contributed by atoms with E-state index in [0.717, 1.165) is 22.8 Å². The van der Waals surface area contributed by atoms with Crippen LogP contribution in [0.4, 0.5) is 16.4 Å². The highest BCUT2D eigenvalue weighted by molar-refractivity contribution is 5.97. The van der Waals surface area contributed by atoms with E-state index in [-0.39, 0.29) is 12.0 Å². The Labute approximate surface area is 209 Å². The van der Waals surface area contributed by atoms with Gasteiger partial charge in [-0.15, -0.1) is 0 Å². The number of nitrogens with two attached hydrogens (primary N) is 1. The average Bonchev–Trinajstić information content (AvgIpc) is 2.86. The lowest BCUT2D eigenvalue weighted by Crippen LogP contribution is -2.47. The molecule has 3 heterocycles. The van der Waals surface area contributed by atoms with Crippen molar-refractivity contribution in [2.45, 2.75) is 26.3 Å². The number of nitrogen functional groups attached to an aromatic ring is 1. The van der Waals surface area contributed by atoms with Crippen LogP contribution in [0.15, 0.2) is 60.9 Å². The molecule has 9 nitrogen and oxygen atoms in total. The van der Waals surface area contributed by atoms with Crippen molar-refractivity contribution in [2.24, 2.45) is 5.92 Å². The summed E-state index contributed by atoms with van der Waals surface area (Å²) in [5, 5.41) is 14.6. The van der Waals surface area contributed by atoms with Crippen molar-refractivity contribution in [2.75, 3.05) is 24.1 Å². The summed E-state index contributed by atoms with van der Waals surface area (Å²) in [4.78, 5) is 26.5. The average molecular weight is 485 g/mol. The number of hydrogen-bond donors (Lipinski definition) is 3. The van der Waals surface area contributed by atoms with Gasteiger partial charge in [-0.3, -0.25) is 0 Å². The Morgan fingerprint density at radius 3 is 2.78 bits per heavy atom. The highest BCUT2D eigenvalue weighted by Crippen LogP contribution is 2.38. The number of likely N-dealkylation sites (tertiary alicyclic amines) is 1. The van der Waals surface area contributed by atoms with Gasteiger partial charge in [0.2, 0.25) is 11.8 Å². The van der Waals surface area contributed by atoms with Crippen LogP contribution in [0.5, 0.6) is 11.6 Å². The number of amides is 1. The summed E-state index contributed by atoms with van der Waals surface area (Å²) in [7, 11) is 0. The van der Waals surface area contributed by atoms with Crippen molar-refractivity contribution in [3.8, 4) is 22.9 Å². The molecule has 2 aromatic carbocycles. The predicted molar refractivity (Wildman–Crippen MR) is 139 cm³/mol. The van der Waals surface area contributed by atoms with Crippen molar-refractivity contribution >= 4 is 28.5 Å². The fourth-order valence-electron chi connectivity index (χ4n) is 4.74. The molecular weight excluding hydrogens is 456 g/mol. The van der Waals surface area contributed by atoms with E-state index in [1.54, 1.807) is 18.5 Å². The number of carboxylic acid groups (broad SMARTS) is 1. The normalized spacial score (nSPS) is 17.7. The van der Waals surface area contributed by atoms with Crippen LogP contribution in [0.2, 0.25) is 0 Å². The van der Waals surface area contributed by atoms with Gasteiger partial charge >= 0.3 is 6.09 Å². The van der Waals surface area contributed by atoms with Crippen molar-refractivity contribution in [3.63, 3.8) is 0 Å². The number of aryl methyl sites for hydroxylation is 1. The first kappa shape index (κ1) is 23.3. The van der Waals surface area contributed by atoms with Crippen molar-refractivity contribution in [1.29, 1.82) is 0 Å². The summed E-state index contributed by atoms with van der Waals surface area (Å²) in [6, 6.07) is 15.2. The molecule has 184 valence electrons. The van der Waals surface area contributed by atoms with Gasteiger partial charge in [0.15, 0.2) is 0 Å². The molecule has 1 amide bonds. The van der Waals surface area contributed by atoms with E-state index < -0.39 is 6.09 Å². The number of anilines is 2. The number of hydrogen-bond acceptors (Lipinski definition) is 7. The van der Waals surface area contributed by atoms with E-state index in [4.69, 9.17) is 15.5 Å². The van der Waals surface area contributed by atoms with Gasteiger partial charge in [0.05, 0.1) is 11.3 Å². The number of pyridine rings is 1. The minimum atomic E-state index is -0.911. The van der Waals surface area contributed by atoms with Gasteiger partial charge in [0.25, 0.3) is 0 Å². The Hall–Kier alpha value is -4.40. The number of nitrogens with one attached hydrogen (secondary N) is 1. The maximum Gasteiger partial charge on any atom is 0.407 e. The molecule has 4 aromatic rings.